The summed E-state index contributed by atoms with van der Waals surface area (Å²) >= 11 is 4.76. The largest absolute Gasteiger partial charge is 0.448 e. The number of alkyl halides is 1. The van der Waals surface area contributed by atoms with E-state index in [4.69, 9.17) is 19.0 Å². The number of amides is 2. The van der Waals surface area contributed by atoms with Gasteiger partial charge in [0.25, 0.3) is 11.8 Å². The topological polar surface area (TPSA) is 116 Å². The third kappa shape index (κ3) is 6.72. The monoisotopic (exact) mass is 671 g/mol. The van der Waals surface area contributed by atoms with Gasteiger partial charge in [-0.3, -0.25) is 14.5 Å². The molecule has 2 aromatic rings. The molecule has 0 aromatic heterocycles. The highest BCUT2D eigenvalue weighted by atomic mass is 79.9. The Bertz CT molecular complexity index is 1340. The van der Waals surface area contributed by atoms with Gasteiger partial charge in [0.15, 0.2) is 6.10 Å². The summed E-state index contributed by atoms with van der Waals surface area (Å²) < 4.78 is 17.7. The second-order valence-corrected chi connectivity index (χ2v) is 11.1. The first-order valence-corrected chi connectivity index (χ1v) is 15.9. The minimum Gasteiger partial charge on any atom is -0.448 e. The van der Waals surface area contributed by atoms with E-state index in [1.54, 1.807) is 19.9 Å². The summed E-state index contributed by atoms with van der Waals surface area (Å²) in [6.07, 6.45) is 0.854. The molecule has 1 unspecified atom stereocenters. The standard InChI is InChI=1S/C31H34BrN3O7S/c1-5-20-18-43-29-23(33-27(36)26(34-39-4)31(19-32,40-6-2)41-7-3)28(37)35(29)24(20)30(38)42-25(21-14-10-8-11-15-21)22-16-12-9-13-17-22/h5,8-17,23,25,29H,1,6-7,18-19H2,2-4H3,(H,33,36)/t23?,29-/m1/s1. The summed E-state index contributed by atoms with van der Waals surface area (Å²) in [5, 5.41) is 6.18. The maximum atomic E-state index is 13.8. The van der Waals surface area contributed by atoms with Gasteiger partial charge < -0.3 is 24.4 Å². The first-order valence-electron chi connectivity index (χ1n) is 13.7. The van der Waals surface area contributed by atoms with Crippen molar-refractivity contribution < 1.29 is 33.4 Å². The Labute approximate surface area is 263 Å². The molecule has 0 bridgehead atoms. The summed E-state index contributed by atoms with van der Waals surface area (Å²) in [7, 11) is 1.30. The Hall–Kier alpha value is -3.45. The first-order chi connectivity index (χ1) is 20.8. The van der Waals surface area contributed by atoms with E-state index in [-0.39, 0.29) is 30.0 Å². The average Bonchev–Trinajstić information content (AvgIpc) is 3.04. The van der Waals surface area contributed by atoms with Gasteiger partial charge in [-0.1, -0.05) is 94.4 Å². The van der Waals surface area contributed by atoms with Crippen molar-refractivity contribution in [3.63, 3.8) is 0 Å². The normalized spacial score (nSPS) is 18.6. The lowest BCUT2D eigenvalue weighted by molar-refractivity contribution is -0.171. The molecule has 12 heteroatoms. The number of esters is 1. The summed E-state index contributed by atoms with van der Waals surface area (Å²) in [5.41, 5.74) is 2.06. The summed E-state index contributed by atoms with van der Waals surface area (Å²) in [4.78, 5) is 47.2. The number of halogens is 1. The van der Waals surface area contributed by atoms with Crippen molar-refractivity contribution in [2.75, 3.05) is 31.4 Å². The lowest BCUT2D eigenvalue weighted by Crippen LogP contribution is -2.71. The van der Waals surface area contributed by atoms with E-state index in [2.05, 4.69) is 33.0 Å². The number of benzene rings is 2. The summed E-state index contributed by atoms with van der Waals surface area (Å²) in [6, 6.07) is 17.8. The number of β-lactam (4-membered cyclic amide) rings is 1. The first kappa shape index (κ1) is 32.5. The number of hydrogen-bond donors (Lipinski definition) is 1. The number of ether oxygens (including phenoxy) is 3. The number of fused-ring (bicyclic) bond motifs is 1. The maximum Gasteiger partial charge on any atom is 0.356 e. The Morgan fingerprint density at radius 1 is 1.12 bits per heavy atom. The molecule has 0 saturated carbocycles. The Morgan fingerprint density at radius 3 is 2.19 bits per heavy atom. The van der Waals surface area contributed by atoms with Gasteiger partial charge in [0.05, 0.1) is 5.33 Å². The second kappa shape index (κ2) is 14.8. The van der Waals surface area contributed by atoms with Crippen molar-refractivity contribution in [1.29, 1.82) is 0 Å². The SMILES string of the molecule is C=CC1=C(C(=O)OC(c2ccccc2)c2ccccc2)N2C(=O)C(NC(=O)C(=NOC)C(CBr)(OCC)OCC)[C@H]2SC1. The Morgan fingerprint density at radius 2 is 1.70 bits per heavy atom. The molecule has 2 amide bonds. The van der Waals surface area contributed by atoms with Crippen LogP contribution in [-0.4, -0.2) is 77.0 Å². The molecule has 4 rings (SSSR count). The molecule has 2 aromatic carbocycles. The van der Waals surface area contributed by atoms with E-state index in [1.165, 1.54) is 23.8 Å². The van der Waals surface area contributed by atoms with E-state index >= 15 is 0 Å². The molecular formula is C31H34BrN3O7S. The molecule has 2 atom stereocenters. The number of carbonyl (C=O) groups is 3. The number of hydrogen-bond acceptors (Lipinski definition) is 9. The van der Waals surface area contributed by atoms with Gasteiger partial charge in [-0.15, -0.1) is 11.8 Å². The van der Waals surface area contributed by atoms with Crippen LogP contribution >= 0.6 is 27.7 Å². The third-order valence-electron chi connectivity index (χ3n) is 6.84. The number of allylic oxidation sites excluding steroid dienone is 1. The molecule has 1 saturated heterocycles. The van der Waals surface area contributed by atoms with E-state index in [9.17, 15) is 14.4 Å². The van der Waals surface area contributed by atoms with Crippen molar-refractivity contribution >= 4 is 51.2 Å². The predicted molar refractivity (Wildman–Crippen MR) is 167 cm³/mol. The third-order valence-corrected chi connectivity index (χ3v) is 8.88. The molecule has 0 radical (unpaired) electrons. The van der Waals surface area contributed by atoms with Crippen molar-refractivity contribution in [2.24, 2.45) is 5.16 Å². The van der Waals surface area contributed by atoms with Crippen LogP contribution in [0.4, 0.5) is 0 Å². The summed E-state index contributed by atoms with van der Waals surface area (Å²) in [5.74, 6) is -2.98. The molecule has 1 N–H and O–H groups in total. The van der Waals surface area contributed by atoms with Gasteiger partial charge in [-0.25, -0.2) is 4.79 Å². The van der Waals surface area contributed by atoms with Gasteiger partial charge in [-0.05, 0) is 30.5 Å². The van der Waals surface area contributed by atoms with Crippen LogP contribution in [0.2, 0.25) is 0 Å². The highest BCUT2D eigenvalue weighted by Crippen LogP contribution is 2.42. The zero-order valence-electron chi connectivity index (χ0n) is 24.2. The van der Waals surface area contributed by atoms with Gasteiger partial charge in [-0.2, -0.15) is 0 Å². The minimum atomic E-state index is -1.54. The fourth-order valence-electron chi connectivity index (χ4n) is 4.91. The van der Waals surface area contributed by atoms with Gasteiger partial charge in [0.1, 0.15) is 24.2 Å². The molecule has 43 heavy (non-hydrogen) atoms. The number of nitrogens with one attached hydrogen (secondary N) is 1. The van der Waals surface area contributed by atoms with Crippen LogP contribution in [0.5, 0.6) is 0 Å². The van der Waals surface area contributed by atoms with Gasteiger partial charge in [0, 0.05) is 19.0 Å². The number of oxime groups is 1. The van der Waals surface area contributed by atoms with Crippen LogP contribution in [0, 0.1) is 0 Å². The quantitative estimate of drug-likeness (QED) is 0.0789. The second-order valence-electron chi connectivity index (χ2n) is 9.42. The van der Waals surface area contributed by atoms with E-state index in [1.807, 2.05) is 60.7 Å². The highest BCUT2D eigenvalue weighted by molar-refractivity contribution is 9.09. The van der Waals surface area contributed by atoms with Crippen LogP contribution in [0.15, 0.2) is 89.7 Å². The number of nitrogens with zero attached hydrogens (tertiary/aromatic N) is 2. The molecule has 2 aliphatic rings. The zero-order valence-corrected chi connectivity index (χ0v) is 26.6. The smallest absolute Gasteiger partial charge is 0.356 e. The maximum absolute atomic E-state index is 13.8. The van der Waals surface area contributed by atoms with Gasteiger partial charge >= 0.3 is 5.97 Å². The van der Waals surface area contributed by atoms with E-state index in [0.29, 0.717) is 11.3 Å². The van der Waals surface area contributed by atoms with Crippen LogP contribution in [-0.2, 0) is 33.4 Å². The lowest BCUT2D eigenvalue weighted by Gasteiger charge is -2.49. The van der Waals surface area contributed by atoms with Crippen molar-refractivity contribution in [3.8, 4) is 0 Å². The number of thioether (sulfide) groups is 1. The minimum absolute atomic E-state index is 0.0889. The fourth-order valence-corrected chi connectivity index (χ4v) is 6.84. The van der Waals surface area contributed by atoms with Crippen LogP contribution in [0.25, 0.3) is 0 Å². The van der Waals surface area contributed by atoms with Crippen molar-refractivity contribution in [3.05, 3.63) is 95.7 Å². The number of rotatable bonds is 14. The predicted octanol–water partition coefficient (Wildman–Crippen LogP) is 4.33. The number of carbonyl (C=O) groups excluding carboxylic acids is 3. The molecule has 0 spiro atoms. The molecular weight excluding hydrogens is 638 g/mol. The van der Waals surface area contributed by atoms with Crippen LogP contribution in [0.1, 0.15) is 31.1 Å². The van der Waals surface area contributed by atoms with E-state index < -0.39 is 41.1 Å². The Balaban J connectivity index is 1.58. The van der Waals surface area contributed by atoms with E-state index in [0.717, 1.165) is 11.1 Å². The summed E-state index contributed by atoms with van der Waals surface area (Å²) in [6.45, 7) is 7.82. The van der Waals surface area contributed by atoms with Gasteiger partial charge in [0.2, 0.25) is 11.5 Å². The van der Waals surface area contributed by atoms with Crippen molar-refractivity contribution in [1.82, 2.24) is 10.2 Å². The molecule has 0 aliphatic carbocycles. The zero-order chi connectivity index (χ0) is 31.0. The average molecular weight is 673 g/mol. The highest BCUT2D eigenvalue weighted by Gasteiger charge is 2.55. The molecule has 2 aliphatic heterocycles. The fraction of sp³-hybridized carbons (Fsp3) is 0.355. The van der Waals surface area contributed by atoms with Crippen molar-refractivity contribution in [2.45, 2.75) is 37.2 Å². The molecule has 228 valence electrons. The van der Waals surface area contributed by atoms with Crippen LogP contribution in [0.3, 0.4) is 0 Å². The lowest BCUT2D eigenvalue weighted by atomic mass is 10.00. The van der Waals surface area contributed by atoms with Crippen LogP contribution < -0.4 is 5.32 Å². The molecule has 2 heterocycles. The molecule has 1 fully saturated rings. The Kier molecular flexibility index (Phi) is 11.2. The molecule has 10 nitrogen and oxygen atoms in total.